The summed E-state index contributed by atoms with van der Waals surface area (Å²) in [6, 6.07) is 8.45. The van der Waals surface area contributed by atoms with E-state index in [9.17, 15) is 0 Å². The topological polar surface area (TPSA) is 38.1 Å². The zero-order chi connectivity index (χ0) is 14.0. The molecule has 0 aliphatic rings. The van der Waals surface area contributed by atoms with Crippen LogP contribution in [-0.2, 0) is 12.0 Å². The molecule has 0 atom stereocenters. The smallest absolute Gasteiger partial charge is 0.138 e. The Morgan fingerprint density at radius 2 is 1.84 bits per heavy atom. The molecule has 0 aliphatic heterocycles. The molecule has 0 amide bonds. The maximum absolute atomic E-state index is 5.19. The van der Waals surface area contributed by atoms with E-state index in [-0.39, 0.29) is 5.41 Å². The van der Waals surface area contributed by atoms with Crippen LogP contribution < -0.4 is 5.32 Å². The molecular weight excluding hydrogens is 236 g/mol. The SMILES string of the molecule is Cc1noc(C)c1CNc1ccccc1C(C)(C)C. The van der Waals surface area contributed by atoms with Gasteiger partial charge in [0.1, 0.15) is 5.76 Å². The molecule has 19 heavy (non-hydrogen) atoms. The molecule has 1 aromatic carbocycles. The first kappa shape index (κ1) is 13.7. The van der Waals surface area contributed by atoms with Crippen molar-refractivity contribution in [1.29, 1.82) is 0 Å². The van der Waals surface area contributed by atoms with Crippen molar-refractivity contribution in [2.24, 2.45) is 0 Å². The largest absolute Gasteiger partial charge is 0.381 e. The molecule has 2 rings (SSSR count). The molecule has 0 spiro atoms. The molecule has 3 heteroatoms. The molecule has 1 N–H and O–H groups in total. The fourth-order valence-electron chi connectivity index (χ4n) is 2.23. The highest BCUT2D eigenvalue weighted by molar-refractivity contribution is 5.54. The van der Waals surface area contributed by atoms with Crippen LogP contribution in [0.15, 0.2) is 28.8 Å². The molecule has 2 aromatic rings. The molecule has 102 valence electrons. The highest BCUT2D eigenvalue weighted by Gasteiger charge is 2.17. The van der Waals surface area contributed by atoms with E-state index in [1.807, 2.05) is 13.8 Å². The Morgan fingerprint density at radius 1 is 1.16 bits per heavy atom. The Hall–Kier alpha value is -1.77. The van der Waals surface area contributed by atoms with Crippen LogP contribution in [-0.4, -0.2) is 5.16 Å². The molecule has 0 aliphatic carbocycles. The second-order valence-corrected chi connectivity index (χ2v) is 5.95. The van der Waals surface area contributed by atoms with Gasteiger partial charge in [-0.15, -0.1) is 0 Å². The third-order valence-corrected chi connectivity index (χ3v) is 3.37. The summed E-state index contributed by atoms with van der Waals surface area (Å²) in [6.45, 7) is 11.3. The number of hydrogen-bond donors (Lipinski definition) is 1. The molecule has 0 bridgehead atoms. The lowest BCUT2D eigenvalue weighted by Gasteiger charge is -2.23. The van der Waals surface area contributed by atoms with Crippen LogP contribution in [0.5, 0.6) is 0 Å². The van der Waals surface area contributed by atoms with Crippen molar-refractivity contribution < 1.29 is 4.52 Å². The van der Waals surface area contributed by atoms with Crippen molar-refractivity contribution in [3.63, 3.8) is 0 Å². The van der Waals surface area contributed by atoms with Crippen molar-refractivity contribution in [2.45, 2.75) is 46.6 Å². The van der Waals surface area contributed by atoms with Gasteiger partial charge in [-0.05, 0) is 30.9 Å². The van der Waals surface area contributed by atoms with Gasteiger partial charge >= 0.3 is 0 Å². The van der Waals surface area contributed by atoms with Crippen LogP contribution in [0.25, 0.3) is 0 Å². The number of rotatable bonds is 3. The minimum Gasteiger partial charge on any atom is -0.381 e. The Kier molecular flexibility index (Phi) is 3.65. The Labute approximate surface area is 115 Å². The summed E-state index contributed by atoms with van der Waals surface area (Å²) in [6.07, 6.45) is 0. The predicted octanol–water partition coefficient (Wildman–Crippen LogP) is 4.20. The summed E-state index contributed by atoms with van der Waals surface area (Å²) in [7, 11) is 0. The van der Waals surface area contributed by atoms with E-state index in [4.69, 9.17) is 4.52 Å². The molecule has 0 fully saturated rings. The average Bonchev–Trinajstić information content (AvgIpc) is 2.66. The third-order valence-electron chi connectivity index (χ3n) is 3.37. The Morgan fingerprint density at radius 3 is 2.42 bits per heavy atom. The summed E-state index contributed by atoms with van der Waals surface area (Å²) < 4.78 is 5.19. The number of benzene rings is 1. The maximum Gasteiger partial charge on any atom is 0.138 e. The number of aryl methyl sites for hydroxylation is 2. The van der Waals surface area contributed by atoms with Gasteiger partial charge in [0.05, 0.1) is 5.69 Å². The zero-order valence-electron chi connectivity index (χ0n) is 12.4. The third kappa shape index (κ3) is 2.98. The van der Waals surface area contributed by atoms with Crippen molar-refractivity contribution in [1.82, 2.24) is 5.16 Å². The molecule has 0 unspecified atom stereocenters. The number of nitrogens with one attached hydrogen (secondary N) is 1. The molecule has 0 saturated carbocycles. The highest BCUT2D eigenvalue weighted by Crippen LogP contribution is 2.29. The number of anilines is 1. The summed E-state index contributed by atoms with van der Waals surface area (Å²) >= 11 is 0. The van der Waals surface area contributed by atoms with Gasteiger partial charge < -0.3 is 9.84 Å². The summed E-state index contributed by atoms with van der Waals surface area (Å²) in [5, 5.41) is 7.49. The Balaban J connectivity index is 2.21. The number of hydrogen-bond acceptors (Lipinski definition) is 3. The minimum absolute atomic E-state index is 0.127. The molecular formula is C16H22N2O. The van der Waals surface area contributed by atoms with Gasteiger partial charge in [0.25, 0.3) is 0 Å². The van der Waals surface area contributed by atoms with Crippen LogP contribution >= 0.6 is 0 Å². The van der Waals surface area contributed by atoms with Gasteiger partial charge in [-0.3, -0.25) is 0 Å². The molecule has 0 saturated heterocycles. The zero-order valence-corrected chi connectivity index (χ0v) is 12.4. The lowest BCUT2D eigenvalue weighted by Crippen LogP contribution is -2.15. The van der Waals surface area contributed by atoms with Gasteiger partial charge in [-0.25, -0.2) is 0 Å². The van der Waals surface area contributed by atoms with Gasteiger partial charge in [0, 0.05) is 17.8 Å². The van der Waals surface area contributed by atoms with Crippen molar-refractivity contribution in [2.75, 3.05) is 5.32 Å². The molecule has 1 aromatic heterocycles. The average molecular weight is 258 g/mol. The van der Waals surface area contributed by atoms with E-state index in [2.05, 4.69) is 55.5 Å². The quantitative estimate of drug-likeness (QED) is 0.896. The van der Waals surface area contributed by atoms with Crippen molar-refractivity contribution >= 4 is 5.69 Å². The molecule has 1 heterocycles. The first-order valence-electron chi connectivity index (χ1n) is 6.64. The van der Waals surface area contributed by atoms with Crippen LogP contribution in [0, 0.1) is 13.8 Å². The fourth-order valence-corrected chi connectivity index (χ4v) is 2.23. The molecule has 3 nitrogen and oxygen atoms in total. The first-order valence-corrected chi connectivity index (χ1v) is 6.64. The maximum atomic E-state index is 5.19. The standard InChI is InChI=1S/C16H22N2O/c1-11-13(12(2)19-18-11)10-17-15-9-7-6-8-14(15)16(3,4)5/h6-9,17H,10H2,1-5H3. The summed E-state index contributed by atoms with van der Waals surface area (Å²) in [4.78, 5) is 0. The van der Waals surface area contributed by atoms with Crippen LogP contribution in [0.2, 0.25) is 0 Å². The van der Waals surface area contributed by atoms with Crippen LogP contribution in [0.3, 0.4) is 0 Å². The van der Waals surface area contributed by atoms with Crippen LogP contribution in [0.1, 0.15) is 43.4 Å². The van der Waals surface area contributed by atoms with Crippen molar-refractivity contribution in [3.05, 3.63) is 46.8 Å². The second-order valence-electron chi connectivity index (χ2n) is 5.95. The van der Waals surface area contributed by atoms with E-state index in [0.717, 1.165) is 23.6 Å². The first-order chi connectivity index (χ1) is 8.89. The van der Waals surface area contributed by atoms with Gasteiger partial charge in [0.2, 0.25) is 0 Å². The lowest BCUT2D eigenvalue weighted by molar-refractivity contribution is 0.392. The number of aromatic nitrogens is 1. The highest BCUT2D eigenvalue weighted by atomic mass is 16.5. The summed E-state index contributed by atoms with van der Waals surface area (Å²) in [5.41, 5.74) is 4.72. The normalized spacial score (nSPS) is 11.6. The predicted molar refractivity (Wildman–Crippen MR) is 78.4 cm³/mol. The van der Waals surface area contributed by atoms with Crippen molar-refractivity contribution in [3.8, 4) is 0 Å². The van der Waals surface area contributed by atoms with Gasteiger partial charge in [-0.1, -0.05) is 44.1 Å². The van der Waals surface area contributed by atoms with Gasteiger partial charge in [-0.2, -0.15) is 0 Å². The number of nitrogens with zero attached hydrogens (tertiary/aromatic N) is 1. The van der Waals surface area contributed by atoms with E-state index >= 15 is 0 Å². The monoisotopic (exact) mass is 258 g/mol. The van der Waals surface area contributed by atoms with Crippen LogP contribution in [0.4, 0.5) is 5.69 Å². The number of para-hydroxylation sites is 1. The second kappa shape index (κ2) is 5.08. The minimum atomic E-state index is 0.127. The van der Waals surface area contributed by atoms with Gasteiger partial charge in [0.15, 0.2) is 0 Å². The van der Waals surface area contributed by atoms with E-state index in [1.165, 1.54) is 11.3 Å². The Bertz CT molecular complexity index is 545. The lowest BCUT2D eigenvalue weighted by atomic mass is 9.86. The summed E-state index contributed by atoms with van der Waals surface area (Å²) in [5.74, 6) is 0.887. The van der Waals surface area contributed by atoms with E-state index < -0.39 is 0 Å². The fraction of sp³-hybridized carbons (Fsp3) is 0.438. The molecule has 0 radical (unpaired) electrons. The van der Waals surface area contributed by atoms with E-state index in [0.29, 0.717) is 0 Å². The van der Waals surface area contributed by atoms with E-state index in [1.54, 1.807) is 0 Å².